The molecule has 0 saturated heterocycles. The molecule has 0 amide bonds. The maximum atomic E-state index is 10.6. The number of nitro benzene ring substituents is 1. The Kier molecular flexibility index (Phi) is 2.87. The van der Waals surface area contributed by atoms with Gasteiger partial charge in [-0.15, -0.1) is 0 Å². The molecule has 0 aliphatic carbocycles. The molecule has 0 bridgehead atoms. The van der Waals surface area contributed by atoms with Crippen molar-refractivity contribution in [2.45, 2.75) is 0 Å². The van der Waals surface area contributed by atoms with Gasteiger partial charge in [-0.25, -0.2) is 0 Å². The second-order valence-electron chi connectivity index (χ2n) is 3.24. The van der Waals surface area contributed by atoms with E-state index < -0.39 is 4.92 Å². The maximum Gasteiger partial charge on any atom is 0.351 e. The van der Waals surface area contributed by atoms with E-state index in [1.165, 1.54) is 18.2 Å². The van der Waals surface area contributed by atoms with Crippen molar-refractivity contribution in [1.82, 2.24) is 10.1 Å². The molecular weight excluding hydrogens is 240 g/mol. The zero-order valence-corrected chi connectivity index (χ0v) is 8.98. The molecule has 2 aromatic rings. The van der Waals surface area contributed by atoms with Gasteiger partial charge in [0.1, 0.15) is 0 Å². The highest BCUT2D eigenvalue weighted by molar-refractivity contribution is 5.77. The molecule has 9 heteroatoms. The number of aromatic nitrogens is 2. The van der Waals surface area contributed by atoms with Crippen molar-refractivity contribution < 1.29 is 9.45 Å². The molecule has 4 N–H and O–H groups in total. The second-order valence-corrected chi connectivity index (χ2v) is 3.24. The Labute approximate surface area is 100 Å². The molecule has 0 fully saturated rings. The molecule has 9 nitrogen and oxygen atoms in total. The molecule has 0 atom stereocenters. The third-order valence-electron chi connectivity index (χ3n) is 1.96. The van der Waals surface area contributed by atoms with Crippen LogP contribution >= 0.6 is 0 Å². The summed E-state index contributed by atoms with van der Waals surface area (Å²) in [7, 11) is 0. The lowest BCUT2D eigenvalue weighted by Crippen LogP contribution is -2.21. The lowest BCUT2D eigenvalue weighted by Gasteiger charge is -1.93. The van der Waals surface area contributed by atoms with E-state index in [2.05, 4.69) is 15.1 Å². The number of nitrogens with zero attached hydrogens (tertiary/aromatic N) is 4. The highest BCUT2D eigenvalue weighted by atomic mass is 16.6. The van der Waals surface area contributed by atoms with E-state index in [1.807, 2.05) is 0 Å². The van der Waals surface area contributed by atoms with Crippen LogP contribution < -0.4 is 11.5 Å². The van der Waals surface area contributed by atoms with Crippen molar-refractivity contribution in [1.29, 1.82) is 0 Å². The van der Waals surface area contributed by atoms with Crippen molar-refractivity contribution in [3.05, 3.63) is 34.4 Å². The first-order valence-electron chi connectivity index (χ1n) is 4.74. The topological polar surface area (TPSA) is 146 Å². The average Bonchev–Trinajstić information content (AvgIpc) is 2.77. The first kappa shape index (κ1) is 11.5. The molecule has 1 aromatic carbocycles. The zero-order chi connectivity index (χ0) is 13.1. The van der Waals surface area contributed by atoms with E-state index in [0.717, 1.165) is 0 Å². The van der Waals surface area contributed by atoms with Crippen LogP contribution in [0.25, 0.3) is 11.4 Å². The fourth-order valence-electron chi connectivity index (χ4n) is 1.25. The smallest absolute Gasteiger partial charge is 0.351 e. The van der Waals surface area contributed by atoms with Crippen LogP contribution in [0.4, 0.5) is 11.7 Å². The molecule has 92 valence electrons. The number of non-ortho nitro benzene ring substituents is 1. The van der Waals surface area contributed by atoms with E-state index in [9.17, 15) is 10.1 Å². The molecule has 18 heavy (non-hydrogen) atoms. The summed E-state index contributed by atoms with van der Waals surface area (Å²) in [6, 6.07) is 5.70. The van der Waals surface area contributed by atoms with E-state index in [-0.39, 0.29) is 23.5 Å². The molecule has 0 radical (unpaired) electrons. The van der Waals surface area contributed by atoms with Crippen LogP contribution in [-0.2, 0) is 0 Å². The van der Waals surface area contributed by atoms with Crippen molar-refractivity contribution in [2.24, 2.45) is 16.5 Å². The van der Waals surface area contributed by atoms with Gasteiger partial charge >= 0.3 is 6.01 Å². The Morgan fingerprint density at radius 2 is 2.22 bits per heavy atom. The Morgan fingerprint density at radius 1 is 1.44 bits per heavy atom. The first-order chi connectivity index (χ1) is 8.56. The van der Waals surface area contributed by atoms with Crippen molar-refractivity contribution in [3.8, 4) is 11.4 Å². The number of guanidine groups is 1. The third kappa shape index (κ3) is 2.40. The molecule has 0 aliphatic heterocycles. The Morgan fingerprint density at radius 3 is 2.89 bits per heavy atom. The fourth-order valence-corrected chi connectivity index (χ4v) is 1.25. The predicted molar refractivity (Wildman–Crippen MR) is 61.9 cm³/mol. The van der Waals surface area contributed by atoms with Crippen LogP contribution in [-0.4, -0.2) is 21.0 Å². The van der Waals surface area contributed by atoms with Crippen LogP contribution in [0.5, 0.6) is 0 Å². The molecule has 1 aromatic heterocycles. The van der Waals surface area contributed by atoms with E-state index in [0.29, 0.717) is 5.56 Å². The van der Waals surface area contributed by atoms with Crippen LogP contribution in [0.1, 0.15) is 0 Å². The van der Waals surface area contributed by atoms with Gasteiger partial charge in [0.05, 0.1) is 4.92 Å². The summed E-state index contributed by atoms with van der Waals surface area (Å²) in [4.78, 5) is 17.5. The van der Waals surface area contributed by atoms with Crippen LogP contribution in [0.15, 0.2) is 33.8 Å². The van der Waals surface area contributed by atoms with Gasteiger partial charge in [-0.3, -0.25) is 10.1 Å². The number of rotatable bonds is 3. The summed E-state index contributed by atoms with van der Waals surface area (Å²) in [6.45, 7) is 0. The van der Waals surface area contributed by atoms with Gasteiger partial charge < -0.3 is 16.0 Å². The molecule has 0 aliphatic rings. The van der Waals surface area contributed by atoms with Crippen LogP contribution in [0.2, 0.25) is 0 Å². The highest BCUT2D eigenvalue weighted by Crippen LogP contribution is 2.22. The minimum atomic E-state index is -0.513. The molecule has 0 unspecified atom stereocenters. The van der Waals surface area contributed by atoms with Gasteiger partial charge in [0.25, 0.3) is 5.69 Å². The Balaban J connectivity index is 2.37. The van der Waals surface area contributed by atoms with Gasteiger partial charge in [-0.1, -0.05) is 17.3 Å². The normalized spacial score (nSPS) is 10.0. The molecule has 0 saturated carbocycles. The monoisotopic (exact) mass is 248 g/mol. The van der Waals surface area contributed by atoms with Gasteiger partial charge in [0, 0.05) is 17.7 Å². The van der Waals surface area contributed by atoms with Crippen LogP contribution in [0.3, 0.4) is 0 Å². The highest BCUT2D eigenvalue weighted by Gasteiger charge is 2.12. The van der Waals surface area contributed by atoms with Gasteiger partial charge in [-0.2, -0.15) is 9.98 Å². The van der Waals surface area contributed by atoms with Crippen molar-refractivity contribution in [3.63, 3.8) is 0 Å². The predicted octanol–water partition coefficient (Wildman–Crippen LogP) is 0.550. The van der Waals surface area contributed by atoms with Gasteiger partial charge in [0.15, 0.2) is 5.96 Å². The minimum absolute atomic E-state index is 0.0688. The van der Waals surface area contributed by atoms with Gasteiger partial charge in [-0.05, 0) is 0 Å². The summed E-state index contributed by atoms with van der Waals surface area (Å²) in [5.74, 6) is -0.0528. The Bertz CT molecular complexity index is 616. The summed E-state index contributed by atoms with van der Waals surface area (Å²) in [5.41, 5.74) is 10.7. The lowest BCUT2D eigenvalue weighted by molar-refractivity contribution is -0.384. The number of hydrogen-bond acceptors (Lipinski definition) is 6. The largest absolute Gasteiger partial charge is 0.370 e. The standard InChI is InChI=1S/C9H8N6O3/c10-8(11)13-9-12-7(14-18-9)5-2-1-3-6(4-5)15(16)17/h1-4H,(H4,10,11,12,13,14). The van der Waals surface area contributed by atoms with Gasteiger partial charge in [0.2, 0.25) is 5.82 Å². The SMILES string of the molecule is NC(N)=Nc1nc(-c2cccc([N+](=O)[O-])c2)no1. The minimum Gasteiger partial charge on any atom is -0.370 e. The quantitative estimate of drug-likeness (QED) is 0.349. The van der Waals surface area contributed by atoms with Crippen molar-refractivity contribution >= 4 is 17.7 Å². The van der Waals surface area contributed by atoms with E-state index >= 15 is 0 Å². The molecule has 2 rings (SSSR count). The van der Waals surface area contributed by atoms with E-state index in [1.54, 1.807) is 6.07 Å². The number of nitro groups is 1. The summed E-state index contributed by atoms with van der Waals surface area (Å²) < 4.78 is 4.75. The summed E-state index contributed by atoms with van der Waals surface area (Å²) in [6.07, 6.45) is 0. The number of nitrogens with two attached hydrogens (primary N) is 2. The number of benzene rings is 1. The van der Waals surface area contributed by atoms with E-state index in [4.69, 9.17) is 16.0 Å². The molecular formula is C9H8N6O3. The van der Waals surface area contributed by atoms with Crippen LogP contribution in [0, 0.1) is 10.1 Å². The van der Waals surface area contributed by atoms with Crippen molar-refractivity contribution in [2.75, 3.05) is 0 Å². The number of aliphatic imine (C=N–C) groups is 1. The summed E-state index contributed by atoms with van der Waals surface area (Å²) in [5, 5.41) is 14.2. The Hall–Kier alpha value is -2.97. The zero-order valence-electron chi connectivity index (χ0n) is 8.98. The number of hydrogen-bond donors (Lipinski definition) is 2. The fraction of sp³-hybridized carbons (Fsp3) is 0. The lowest BCUT2D eigenvalue weighted by atomic mass is 10.2. The molecule has 1 heterocycles. The third-order valence-corrected chi connectivity index (χ3v) is 1.96. The first-order valence-corrected chi connectivity index (χ1v) is 4.74. The summed E-state index contributed by atoms with van der Waals surface area (Å²) >= 11 is 0. The molecule has 0 spiro atoms. The maximum absolute atomic E-state index is 10.6. The average molecular weight is 248 g/mol. The second kappa shape index (κ2) is 4.49.